The van der Waals surface area contributed by atoms with Crippen LogP contribution in [0.1, 0.15) is 69.9 Å². The first-order chi connectivity index (χ1) is 9.19. The van der Waals surface area contributed by atoms with Crippen molar-refractivity contribution in [3.05, 3.63) is 19.2 Å². The number of thiophene rings is 1. The summed E-state index contributed by atoms with van der Waals surface area (Å²) >= 11 is 8.82. The lowest BCUT2D eigenvalue weighted by molar-refractivity contribution is 0.475. The van der Waals surface area contributed by atoms with Gasteiger partial charge in [0, 0.05) is 6.04 Å². The number of rotatable bonds is 10. The van der Waals surface area contributed by atoms with Gasteiger partial charge >= 0.3 is 0 Å². The van der Waals surface area contributed by atoms with Crippen LogP contribution in [0.15, 0.2) is 13.6 Å². The maximum absolute atomic E-state index is 5.68. The lowest BCUT2D eigenvalue weighted by Crippen LogP contribution is -2.27. The molecule has 1 aromatic heterocycles. The molecule has 19 heavy (non-hydrogen) atoms. The van der Waals surface area contributed by atoms with Crippen molar-refractivity contribution in [2.45, 2.75) is 64.3 Å². The van der Waals surface area contributed by atoms with Crippen LogP contribution in [-0.2, 0) is 0 Å². The molecule has 0 amide bonds. The van der Waals surface area contributed by atoms with E-state index in [1.807, 2.05) is 0 Å². The Morgan fingerprint density at radius 3 is 2.32 bits per heavy atom. The van der Waals surface area contributed by atoms with E-state index in [9.17, 15) is 0 Å². The monoisotopic (exact) mass is 410 g/mol. The van der Waals surface area contributed by atoms with E-state index in [1.165, 1.54) is 54.3 Å². The van der Waals surface area contributed by atoms with Gasteiger partial charge in [0.25, 0.3) is 0 Å². The smallest absolute Gasteiger partial charge is 0.0758 e. The van der Waals surface area contributed by atoms with Crippen LogP contribution >= 0.6 is 43.2 Å². The second-order valence-electron chi connectivity index (χ2n) is 4.91. The summed E-state index contributed by atoms with van der Waals surface area (Å²) < 4.78 is 2.32. The largest absolute Gasteiger partial charge is 0.271 e. The molecule has 0 aliphatic rings. The third kappa shape index (κ3) is 6.71. The Bertz CT molecular complexity index is 355. The number of hydrazine groups is 1. The summed E-state index contributed by atoms with van der Waals surface area (Å²) in [5, 5.41) is 0. The van der Waals surface area contributed by atoms with Crippen molar-refractivity contribution in [1.29, 1.82) is 0 Å². The number of hydrogen-bond acceptors (Lipinski definition) is 3. The molecule has 1 aromatic rings. The fourth-order valence-electron chi connectivity index (χ4n) is 2.22. The molecule has 0 fully saturated rings. The van der Waals surface area contributed by atoms with Gasteiger partial charge in [0.1, 0.15) is 0 Å². The lowest BCUT2D eigenvalue weighted by Gasteiger charge is -2.15. The van der Waals surface area contributed by atoms with Gasteiger partial charge in [0.15, 0.2) is 0 Å². The summed E-state index contributed by atoms with van der Waals surface area (Å²) in [5.41, 5.74) is 4.21. The molecule has 0 spiro atoms. The van der Waals surface area contributed by atoms with Crippen molar-refractivity contribution in [3.8, 4) is 0 Å². The minimum Gasteiger partial charge on any atom is -0.271 e. The Balaban J connectivity index is 2.24. The molecule has 0 aromatic carbocycles. The fourth-order valence-corrected chi connectivity index (χ4v) is 5.20. The van der Waals surface area contributed by atoms with E-state index in [0.717, 1.165) is 10.2 Å². The van der Waals surface area contributed by atoms with Crippen LogP contribution in [0.5, 0.6) is 0 Å². The van der Waals surface area contributed by atoms with Gasteiger partial charge < -0.3 is 0 Å². The molecule has 0 saturated carbocycles. The number of nitrogens with one attached hydrogen (secondary N) is 1. The molecule has 1 unspecified atom stereocenters. The Labute approximate surface area is 137 Å². The van der Waals surface area contributed by atoms with Crippen LogP contribution < -0.4 is 11.3 Å². The van der Waals surface area contributed by atoms with Gasteiger partial charge in [-0.3, -0.25) is 11.3 Å². The standard InChI is InChI=1S/C14H24Br2N2S/c1-2-3-4-5-6-7-8-9-12(18-17)11-10-13(15)19-14(11)16/h10,12,18H,2-9,17H2,1H3. The van der Waals surface area contributed by atoms with Gasteiger partial charge in [0.2, 0.25) is 0 Å². The molecule has 0 bridgehead atoms. The Hall–Kier alpha value is 0.580. The van der Waals surface area contributed by atoms with Crippen molar-refractivity contribution in [3.63, 3.8) is 0 Å². The second kappa shape index (κ2) is 10.3. The predicted octanol–water partition coefficient (Wildman–Crippen LogP) is 5.92. The van der Waals surface area contributed by atoms with Crippen LogP contribution in [0.3, 0.4) is 0 Å². The zero-order valence-corrected chi connectivity index (χ0v) is 15.5. The van der Waals surface area contributed by atoms with Crippen molar-refractivity contribution in [2.75, 3.05) is 0 Å². The highest BCUT2D eigenvalue weighted by Crippen LogP contribution is 2.36. The molecule has 5 heteroatoms. The van der Waals surface area contributed by atoms with E-state index in [-0.39, 0.29) is 6.04 Å². The van der Waals surface area contributed by atoms with E-state index in [1.54, 1.807) is 11.3 Å². The summed E-state index contributed by atoms with van der Waals surface area (Å²) in [6, 6.07) is 2.41. The topological polar surface area (TPSA) is 38.0 Å². The zero-order chi connectivity index (χ0) is 14.1. The van der Waals surface area contributed by atoms with Gasteiger partial charge in [-0.05, 0) is 49.9 Å². The fraction of sp³-hybridized carbons (Fsp3) is 0.714. The van der Waals surface area contributed by atoms with E-state index >= 15 is 0 Å². The summed E-state index contributed by atoms with van der Waals surface area (Å²) in [4.78, 5) is 0. The molecule has 0 saturated heterocycles. The molecule has 0 aliphatic heterocycles. The van der Waals surface area contributed by atoms with Crippen molar-refractivity contribution in [1.82, 2.24) is 5.43 Å². The van der Waals surface area contributed by atoms with E-state index in [2.05, 4.69) is 50.3 Å². The van der Waals surface area contributed by atoms with Gasteiger partial charge in [0.05, 0.1) is 7.57 Å². The summed E-state index contributed by atoms with van der Waals surface area (Å²) in [7, 11) is 0. The summed E-state index contributed by atoms with van der Waals surface area (Å²) in [5.74, 6) is 5.68. The second-order valence-corrected chi connectivity index (χ2v) is 8.66. The van der Waals surface area contributed by atoms with Crippen LogP contribution in [0, 0.1) is 0 Å². The van der Waals surface area contributed by atoms with Crippen LogP contribution in [0.25, 0.3) is 0 Å². The Morgan fingerprint density at radius 2 is 1.79 bits per heavy atom. The molecule has 1 rings (SSSR count). The highest BCUT2D eigenvalue weighted by molar-refractivity contribution is 9.12. The van der Waals surface area contributed by atoms with E-state index < -0.39 is 0 Å². The molecule has 0 aliphatic carbocycles. The van der Waals surface area contributed by atoms with Crippen LogP contribution in [0.2, 0.25) is 0 Å². The maximum Gasteiger partial charge on any atom is 0.0758 e. The Kier molecular flexibility index (Phi) is 9.58. The van der Waals surface area contributed by atoms with E-state index in [4.69, 9.17) is 5.84 Å². The minimum atomic E-state index is 0.257. The quantitative estimate of drug-likeness (QED) is 0.285. The van der Waals surface area contributed by atoms with Crippen LogP contribution in [0.4, 0.5) is 0 Å². The average molecular weight is 412 g/mol. The highest BCUT2D eigenvalue weighted by atomic mass is 79.9. The van der Waals surface area contributed by atoms with Crippen molar-refractivity contribution >= 4 is 43.2 Å². The number of unbranched alkanes of at least 4 members (excludes halogenated alkanes) is 6. The molecule has 1 heterocycles. The number of halogens is 2. The van der Waals surface area contributed by atoms with Crippen LogP contribution in [-0.4, -0.2) is 0 Å². The first-order valence-corrected chi connectivity index (χ1v) is 9.50. The zero-order valence-electron chi connectivity index (χ0n) is 11.6. The third-order valence-corrected chi connectivity index (χ3v) is 5.74. The summed E-state index contributed by atoms with van der Waals surface area (Å²) in [6.07, 6.45) is 10.5. The molecular formula is C14H24Br2N2S. The highest BCUT2D eigenvalue weighted by Gasteiger charge is 2.15. The molecular weight excluding hydrogens is 388 g/mol. The first-order valence-electron chi connectivity index (χ1n) is 7.09. The lowest BCUT2D eigenvalue weighted by atomic mass is 10.0. The number of nitrogens with two attached hydrogens (primary N) is 1. The normalized spacial score (nSPS) is 12.8. The molecule has 2 nitrogen and oxygen atoms in total. The van der Waals surface area contributed by atoms with Crippen molar-refractivity contribution < 1.29 is 0 Å². The molecule has 3 N–H and O–H groups in total. The average Bonchev–Trinajstić information content (AvgIpc) is 2.72. The molecule has 1 atom stereocenters. The third-order valence-electron chi connectivity index (χ3n) is 3.36. The van der Waals surface area contributed by atoms with Gasteiger partial charge in [-0.25, -0.2) is 0 Å². The van der Waals surface area contributed by atoms with Gasteiger partial charge in [-0.15, -0.1) is 11.3 Å². The number of hydrogen-bond donors (Lipinski definition) is 2. The van der Waals surface area contributed by atoms with E-state index in [0.29, 0.717) is 0 Å². The Morgan fingerprint density at radius 1 is 1.16 bits per heavy atom. The molecule has 0 radical (unpaired) electrons. The van der Waals surface area contributed by atoms with Gasteiger partial charge in [-0.2, -0.15) is 0 Å². The first kappa shape index (κ1) is 17.6. The predicted molar refractivity (Wildman–Crippen MR) is 92.4 cm³/mol. The van der Waals surface area contributed by atoms with Gasteiger partial charge in [-0.1, -0.05) is 51.9 Å². The maximum atomic E-state index is 5.68. The minimum absolute atomic E-state index is 0.257. The summed E-state index contributed by atoms with van der Waals surface area (Å²) in [6.45, 7) is 2.26. The molecule has 110 valence electrons. The van der Waals surface area contributed by atoms with Crippen molar-refractivity contribution in [2.24, 2.45) is 5.84 Å². The SMILES string of the molecule is CCCCCCCCCC(NN)c1cc(Br)sc1Br.